The number of ether oxygens (including phenoxy) is 1. The van der Waals surface area contributed by atoms with Crippen molar-refractivity contribution in [1.29, 1.82) is 0 Å². The highest BCUT2D eigenvalue weighted by Gasteiger charge is 2.43. The third-order valence-corrected chi connectivity index (χ3v) is 9.02. The maximum absolute atomic E-state index is 13.7. The highest BCUT2D eigenvalue weighted by Crippen LogP contribution is 2.63. The smallest absolute Gasteiger partial charge is 0.368 e. The van der Waals surface area contributed by atoms with Crippen molar-refractivity contribution in [3.8, 4) is 5.75 Å². The number of halogens is 1. The molecule has 0 amide bonds. The number of fused-ring (bicyclic) bond motifs is 1. The van der Waals surface area contributed by atoms with Gasteiger partial charge in [0.15, 0.2) is 5.75 Å². The second-order valence-electron chi connectivity index (χ2n) is 9.58. The Morgan fingerprint density at radius 1 is 1.23 bits per heavy atom. The molecule has 1 aliphatic heterocycles. The Morgan fingerprint density at radius 3 is 2.49 bits per heavy atom. The van der Waals surface area contributed by atoms with Crippen LogP contribution in [0.15, 0.2) is 59.4 Å². The summed E-state index contributed by atoms with van der Waals surface area (Å²) in [6, 6.07) is 13.5. The Kier molecular flexibility index (Phi) is 8.51. The third-order valence-electron chi connectivity index (χ3n) is 6.95. The van der Waals surface area contributed by atoms with E-state index in [0.29, 0.717) is 16.8 Å². The van der Waals surface area contributed by atoms with E-state index in [2.05, 4.69) is 26.0 Å². The Morgan fingerprint density at radius 2 is 1.91 bits per heavy atom. The van der Waals surface area contributed by atoms with Crippen LogP contribution in [0, 0.1) is 5.41 Å². The molecule has 0 radical (unpaired) electrons. The molecule has 6 nitrogen and oxygen atoms in total. The minimum Gasteiger partial charge on any atom is -0.476 e. The molecule has 1 aliphatic rings. The van der Waals surface area contributed by atoms with Gasteiger partial charge in [0.2, 0.25) is 5.83 Å². The molecular weight excluding hydrogens is 469 g/mol. The Hall–Kier alpha value is -2.55. The van der Waals surface area contributed by atoms with Crippen molar-refractivity contribution in [2.75, 3.05) is 24.7 Å². The molecule has 0 aliphatic carbocycles. The number of unbranched alkanes of at least 4 members (excludes halogenated alkanes) is 1. The lowest BCUT2D eigenvalue weighted by atomic mass is 9.71. The molecule has 35 heavy (non-hydrogen) atoms. The van der Waals surface area contributed by atoms with Crippen LogP contribution >= 0.6 is 10.6 Å². The quantitative estimate of drug-likeness (QED) is 0.245. The van der Waals surface area contributed by atoms with E-state index in [1.807, 2.05) is 24.3 Å². The summed E-state index contributed by atoms with van der Waals surface area (Å²) in [6.07, 6.45) is 5.04. The number of carboxylic acid groups (broad SMARTS) is 1. The van der Waals surface area contributed by atoms with Gasteiger partial charge in [0.05, 0.1) is 10.6 Å². The van der Waals surface area contributed by atoms with Crippen LogP contribution in [0.5, 0.6) is 5.75 Å². The summed E-state index contributed by atoms with van der Waals surface area (Å²) in [7, 11) is 0.384. The molecule has 0 saturated heterocycles. The molecule has 0 saturated carbocycles. The molecule has 1 heterocycles. The van der Waals surface area contributed by atoms with Crippen molar-refractivity contribution < 1.29 is 28.1 Å². The summed E-state index contributed by atoms with van der Waals surface area (Å²) in [5.74, 6) is -2.84. The van der Waals surface area contributed by atoms with Gasteiger partial charge in [0.25, 0.3) is 0 Å². The number of hydrogen-bond acceptors (Lipinski definition) is 5. The molecule has 8 heteroatoms. The zero-order valence-electron chi connectivity index (χ0n) is 20.8. The molecule has 3 N–H and O–H groups in total. The number of anilines is 1. The Balaban J connectivity index is 2.25. The van der Waals surface area contributed by atoms with E-state index in [-0.39, 0.29) is 22.8 Å². The average Bonchev–Trinajstić information content (AvgIpc) is 2.93. The van der Waals surface area contributed by atoms with Gasteiger partial charge in [-0.25, -0.2) is 4.79 Å². The highest BCUT2D eigenvalue weighted by atomic mass is 32.3. The van der Waals surface area contributed by atoms with Gasteiger partial charge in [-0.15, -0.1) is 0 Å². The fourth-order valence-corrected chi connectivity index (χ4v) is 7.32. The van der Waals surface area contributed by atoms with E-state index >= 15 is 0 Å². The molecule has 2 atom stereocenters. The maximum atomic E-state index is 13.7. The summed E-state index contributed by atoms with van der Waals surface area (Å²) in [6.45, 7) is 4.25. The van der Waals surface area contributed by atoms with E-state index in [9.17, 15) is 18.3 Å². The van der Waals surface area contributed by atoms with Gasteiger partial charge < -0.3 is 14.7 Å². The number of hydrogen-bond donors (Lipinski definition) is 3. The largest absolute Gasteiger partial charge is 0.476 e. The van der Waals surface area contributed by atoms with E-state index in [1.54, 1.807) is 25.1 Å². The molecule has 0 fully saturated rings. The fourth-order valence-electron chi connectivity index (χ4n) is 4.97. The Bertz CT molecular complexity index is 1070. The van der Waals surface area contributed by atoms with Crippen LogP contribution in [-0.4, -0.2) is 40.0 Å². The number of carboxylic acids is 1. The first kappa shape index (κ1) is 27.0. The first-order valence-electron chi connectivity index (χ1n) is 12.0. The van der Waals surface area contributed by atoms with Crippen molar-refractivity contribution in [2.24, 2.45) is 5.41 Å². The normalized spacial score (nSPS) is 22.6. The predicted octanol–water partition coefficient (Wildman–Crippen LogP) is 7.26. The van der Waals surface area contributed by atoms with Gasteiger partial charge >= 0.3 is 5.97 Å². The van der Waals surface area contributed by atoms with E-state index in [0.717, 1.165) is 43.2 Å². The lowest BCUT2D eigenvalue weighted by Crippen LogP contribution is -2.28. The fraction of sp³-hybridized carbons (Fsp3) is 0.444. The summed E-state index contributed by atoms with van der Waals surface area (Å²) in [4.78, 5) is 13.1. The van der Waals surface area contributed by atoms with Crippen molar-refractivity contribution in [3.05, 3.63) is 65.7 Å². The van der Waals surface area contributed by atoms with Gasteiger partial charge in [-0.2, -0.15) is 15.0 Å². The SMILES string of the molecule is CCCCC1(CC)CC(c2ccccc2)c2cc(N(C)C)c(O/C=C(\F)C(=O)O)cc2S(O)(O)C1. The maximum Gasteiger partial charge on any atom is 0.368 e. The molecular formula is C27H36FNO5S. The van der Waals surface area contributed by atoms with Gasteiger partial charge in [0.1, 0.15) is 6.26 Å². The molecule has 192 valence electrons. The van der Waals surface area contributed by atoms with E-state index < -0.39 is 22.4 Å². The molecule has 0 spiro atoms. The highest BCUT2D eigenvalue weighted by molar-refractivity contribution is 8.24. The van der Waals surface area contributed by atoms with Crippen molar-refractivity contribution in [2.45, 2.75) is 56.8 Å². The first-order chi connectivity index (χ1) is 16.5. The van der Waals surface area contributed by atoms with Crippen molar-refractivity contribution >= 4 is 22.2 Å². The van der Waals surface area contributed by atoms with Crippen LogP contribution in [-0.2, 0) is 4.79 Å². The summed E-state index contributed by atoms with van der Waals surface area (Å²) < 4.78 is 42.2. The van der Waals surface area contributed by atoms with Gasteiger partial charge in [0, 0.05) is 31.8 Å². The zero-order chi connectivity index (χ0) is 25.8. The molecule has 3 rings (SSSR count). The monoisotopic (exact) mass is 505 g/mol. The van der Waals surface area contributed by atoms with Gasteiger partial charge in [-0.1, -0.05) is 57.0 Å². The Labute approximate surface area is 208 Å². The molecule has 0 bridgehead atoms. The number of aliphatic carboxylic acids is 1. The lowest BCUT2D eigenvalue weighted by molar-refractivity contribution is -0.134. The number of carbonyl (C=O) groups is 1. The van der Waals surface area contributed by atoms with Crippen LogP contribution < -0.4 is 9.64 Å². The second kappa shape index (κ2) is 11.0. The van der Waals surface area contributed by atoms with Crippen LogP contribution in [0.4, 0.5) is 10.1 Å². The molecule has 2 aromatic rings. The first-order valence-corrected chi connectivity index (χ1v) is 13.7. The zero-order valence-corrected chi connectivity index (χ0v) is 21.6. The minimum atomic E-state index is -3.22. The van der Waals surface area contributed by atoms with Crippen molar-refractivity contribution in [1.82, 2.24) is 0 Å². The number of rotatable bonds is 9. The standard InChI is InChI=1S/C27H36FNO5S/c1-5-7-13-27(6-2)16-21(19-11-9-8-10-12-19)20-14-23(29(3)4)24(34-17-22(28)26(30)31)15-25(20)35(32,33)18-27/h8-12,14-15,17,21,32-33H,5-7,13,16,18H2,1-4H3,(H,30,31)/b22-17-. The average molecular weight is 506 g/mol. The summed E-state index contributed by atoms with van der Waals surface area (Å²) in [5.41, 5.74) is 2.23. The van der Waals surface area contributed by atoms with Crippen molar-refractivity contribution in [3.63, 3.8) is 0 Å². The van der Waals surface area contributed by atoms with Crippen LogP contribution in [0.1, 0.15) is 63.0 Å². The van der Waals surface area contributed by atoms with Gasteiger partial charge in [-0.3, -0.25) is 9.11 Å². The lowest BCUT2D eigenvalue weighted by Gasteiger charge is -2.41. The summed E-state index contributed by atoms with van der Waals surface area (Å²) in [5, 5.41) is 8.86. The topological polar surface area (TPSA) is 90.2 Å². The number of nitrogens with zero attached hydrogens (tertiary/aromatic N) is 1. The van der Waals surface area contributed by atoms with Crippen LogP contribution in [0.3, 0.4) is 0 Å². The van der Waals surface area contributed by atoms with E-state index in [4.69, 9.17) is 9.84 Å². The van der Waals surface area contributed by atoms with Gasteiger partial charge in [-0.05, 0) is 41.9 Å². The van der Waals surface area contributed by atoms with E-state index in [1.165, 1.54) is 0 Å². The second-order valence-corrected chi connectivity index (χ2v) is 11.6. The molecule has 0 aromatic heterocycles. The molecule has 2 aromatic carbocycles. The number of benzene rings is 2. The predicted molar refractivity (Wildman–Crippen MR) is 139 cm³/mol. The minimum absolute atomic E-state index is 0.0734. The van der Waals surface area contributed by atoms with Crippen LogP contribution in [0.2, 0.25) is 0 Å². The third kappa shape index (κ3) is 6.00. The summed E-state index contributed by atoms with van der Waals surface area (Å²) >= 11 is 0. The molecule has 2 unspecified atom stereocenters. The van der Waals surface area contributed by atoms with Crippen LogP contribution in [0.25, 0.3) is 0 Å².